The highest BCUT2D eigenvalue weighted by atomic mass is 16.5. The number of nitrogens with one attached hydrogen (secondary N) is 1. The molecular formula is C28H26N2O4. The molecule has 2 heterocycles. The van der Waals surface area contributed by atoms with E-state index in [4.69, 9.17) is 9.47 Å². The molecule has 0 aromatic heterocycles. The first-order chi connectivity index (χ1) is 16.6. The maximum Gasteiger partial charge on any atom is 0.251 e. The molecule has 0 fully saturated rings. The summed E-state index contributed by atoms with van der Waals surface area (Å²) in [6, 6.07) is 22.0. The van der Waals surface area contributed by atoms with Gasteiger partial charge in [-0.3, -0.25) is 9.59 Å². The number of carbonyl (C=O) groups excluding carboxylic acids is 2. The lowest BCUT2D eigenvalue weighted by Gasteiger charge is -2.41. The number of hydrogen-bond donors (Lipinski definition) is 1. The summed E-state index contributed by atoms with van der Waals surface area (Å²) in [5.41, 5.74) is 4.38. The van der Waals surface area contributed by atoms with E-state index in [1.807, 2.05) is 60.7 Å². The largest absolute Gasteiger partial charge is 0.493 e. The molecule has 6 nitrogen and oxygen atoms in total. The van der Waals surface area contributed by atoms with Crippen LogP contribution < -0.4 is 14.8 Å². The zero-order valence-electron chi connectivity index (χ0n) is 19.2. The Morgan fingerprint density at radius 1 is 0.941 bits per heavy atom. The monoisotopic (exact) mass is 454 g/mol. The second kappa shape index (κ2) is 9.06. The van der Waals surface area contributed by atoms with Gasteiger partial charge in [0, 0.05) is 29.3 Å². The lowest BCUT2D eigenvalue weighted by Crippen LogP contribution is -2.54. The Balaban J connectivity index is 1.59. The molecule has 0 saturated heterocycles. The minimum atomic E-state index is -0.708. The number of amides is 2. The summed E-state index contributed by atoms with van der Waals surface area (Å²) in [4.78, 5) is 28.6. The molecule has 0 unspecified atom stereocenters. The molecule has 2 aliphatic rings. The van der Waals surface area contributed by atoms with Gasteiger partial charge < -0.3 is 19.7 Å². The SMILES string of the molecule is COc1cc2c(cc1OC)C1=C[C@H](c3ccccc3)[C@H](NC(=O)c3ccccc3)C(=O)N1CC2. The van der Waals surface area contributed by atoms with Gasteiger partial charge in [0.25, 0.3) is 11.8 Å². The Morgan fingerprint density at radius 2 is 1.59 bits per heavy atom. The van der Waals surface area contributed by atoms with Gasteiger partial charge in [-0.25, -0.2) is 0 Å². The van der Waals surface area contributed by atoms with E-state index in [0.29, 0.717) is 30.0 Å². The van der Waals surface area contributed by atoms with Crippen molar-refractivity contribution < 1.29 is 19.1 Å². The molecule has 0 spiro atoms. The van der Waals surface area contributed by atoms with Crippen molar-refractivity contribution in [1.82, 2.24) is 10.2 Å². The number of hydrogen-bond acceptors (Lipinski definition) is 4. The van der Waals surface area contributed by atoms with Crippen LogP contribution in [0.4, 0.5) is 0 Å². The third-order valence-electron chi connectivity index (χ3n) is 6.52. The van der Waals surface area contributed by atoms with E-state index >= 15 is 0 Å². The molecule has 172 valence electrons. The van der Waals surface area contributed by atoms with Gasteiger partial charge in [-0.2, -0.15) is 0 Å². The zero-order valence-corrected chi connectivity index (χ0v) is 19.2. The Bertz CT molecular complexity index is 1250. The molecule has 5 rings (SSSR count). The molecule has 3 aromatic carbocycles. The fourth-order valence-electron chi connectivity index (χ4n) is 4.79. The summed E-state index contributed by atoms with van der Waals surface area (Å²) in [7, 11) is 3.22. The van der Waals surface area contributed by atoms with Crippen molar-refractivity contribution in [2.45, 2.75) is 18.4 Å². The van der Waals surface area contributed by atoms with Gasteiger partial charge in [-0.15, -0.1) is 0 Å². The number of methoxy groups -OCH3 is 2. The summed E-state index contributed by atoms with van der Waals surface area (Å²) >= 11 is 0. The van der Waals surface area contributed by atoms with Crippen molar-refractivity contribution in [1.29, 1.82) is 0 Å². The fourth-order valence-corrected chi connectivity index (χ4v) is 4.79. The Labute approximate surface area is 198 Å². The molecule has 6 heteroatoms. The van der Waals surface area contributed by atoms with E-state index in [2.05, 4.69) is 11.4 Å². The first kappa shape index (κ1) is 21.8. The molecule has 0 bridgehead atoms. The van der Waals surface area contributed by atoms with E-state index in [9.17, 15) is 9.59 Å². The first-order valence-electron chi connectivity index (χ1n) is 11.3. The predicted octanol–water partition coefficient (Wildman–Crippen LogP) is 4.03. The third-order valence-corrected chi connectivity index (χ3v) is 6.52. The summed E-state index contributed by atoms with van der Waals surface area (Å²) in [5, 5.41) is 3.01. The second-order valence-electron chi connectivity index (χ2n) is 8.41. The van der Waals surface area contributed by atoms with Crippen LogP contribution in [0.2, 0.25) is 0 Å². The Morgan fingerprint density at radius 3 is 2.26 bits per heavy atom. The molecule has 3 aromatic rings. The molecule has 0 saturated carbocycles. The zero-order chi connectivity index (χ0) is 23.7. The highest BCUT2D eigenvalue weighted by Gasteiger charge is 2.41. The van der Waals surface area contributed by atoms with E-state index in [1.165, 1.54) is 0 Å². The quantitative estimate of drug-likeness (QED) is 0.632. The number of fused-ring (bicyclic) bond motifs is 3. The van der Waals surface area contributed by atoms with Gasteiger partial charge in [0.15, 0.2) is 11.5 Å². The molecule has 0 radical (unpaired) electrons. The van der Waals surface area contributed by atoms with E-state index in [-0.39, 0.29) is 17.7 Å². The maximum atomic E-state index is 13.8. The highest BCUT2D eigenvalue weighted by molar-refractivity contribution is 6.01. The van der Waals surface area contributed by atoms with Crippen molar-refractivity contribution in [2.24, 2.45) is 0 Å². The average Bonchev–Trinajstić information content (AvgIpc) is 2.89. The number of rotatable bonds is 5. The van der Waals surface area contributed by atoms with Crippen LogP contribution in [-0.4, -0.2) is 43.5 Å². The summed E-state index contributed by atoms with van der Waals surface area (Å²) in [6.07, 6.45) is 2.78. The van der Waals surface area contributed by atoms with Gasteiger partial charge in [-0.05, 0) is 47.9 Å². The standard InChI is InChI=1S/C28H26N2O4/c1-33-24-15-20-13-14-30-23(21(20)17-25(24)34-2)16-22(18-9-5-3-6-10-18)26(28(30)32)29-27(31)19-11-7-4-8-12-19/h3-12,15-17,22,26H,13-14H2,1-2H3,(H,29,31)/t22-,26+/m1/s1. The van der Waals surface area contributed by atoms with Crippen molar-refractivity contribution in [3.05, 3.63) is 101 Å². The van der Waals surface area contributed by atoms with E-state index < -0.39 is 6.04 Å². The number of ether oxygens (including phenoxy) is 2. The second-order valence-corrected chi connectivity index (χ2v) is 8.41. The van der Waals surface area contributed by atoms with Crippen LogP contribution in [0.25, 0.3) is 5.70 Å². The van der Waals surface area contributed by atoms with Crippen LogP contribution in [0, 0.1) is 0 Å². The van der Waals surface area contributed by atoms with Crippen LogP contribution in [0.3, 0.4) is 0 Å². The van der Waals surface area contributed by atoms with Crippen LogP contribution in [0.15, 0.2) is 78.9 Å². The molecule has 34 heavy (non-hydrogen) atoms. The van der Waals surface area contributed by atoms with E-state index in [0.717, 1.165) is 22.4 Å². The van der Waals surface area contributed by atoms with Crippen LogP contribution in [0.1, 0.15) is 33.0 Å². The molecular weight excluding hydrogens is 428 g/mol. The Kier molecular flexibility index (Phi) is 5.80. The van der Waals surface area contributed by atoms with E-state index in [1.54, 1.807) is 31.3 Å². The van der Waals surface area contributed by atoms with Gasteiger partial charge in [-0.1, -0.05) is 48.5 Å². The first-order valence-corrected chi connectivity index (χ1v) is 11.3. The minimum absolute atomic E-state index is 0.115. The van der Waals surface area contributed by atoms with Crippen LogP contribution >= 0.6 is 0 Å². The van der Waals surface area contributed by atoms with Gasteiger partial charge in [0.2, 0.25) is 0 Å². The maximum absolute atomic E-state index is 13.8. The van der Waals surface area contributed by atoms with Gasteiger partial charge in [0.05, 0.1) is 14.2 Å². The van der Waals surface area contributed by atoms with Crippen molar-refractivity contribution in [3.8, 4) is 11.5 Å². The predicted molar refractivity (Wildman–Crippen MR) is 130 cm³/mol. The third kappa shape index (κ3) is 3.81. The average molecular weight is 455 g/mol. The molecule has 2 atom stereocenters. The van der Waals surface area contributed by atoms with Crippen LogP contribution in [0.5, 0.6) is 11.5 Å². The normalized spacial score (nSPS) is 18.9. The van der Waals surface area contributed by atoms with Gasteiger partial charge in [0.1, 0.15) is 6.04 Å². The molecule has 1 N–H and O–H groups in total. The minimum Gasteiger partial charge on any atom is -0.493 e. The molecule has 0 aliphatic carbocycles. The van der Waals surface area contributed by atoms with Crippen molar-refractivity contribution in [3.63, 3.8) is 0 Å². The number of benzene rings is 3. The van der Waals surface area contributed by atoms with Crippen molar-refractivity contribution in [2.75, 3.05) is 20.8 Å². The molecule has 2 aliphatic heterocycles. The number of carbonyl (C=O) groups is 2. The lowest BCUT2D eigenvalue weighted by molar-refractivity contribution is -0.131. The summed E-state index contributed by atoms with van der Waals surface area (Å²) in [6.45, 7) is 0.534. The fraction of sp³-hybridized carbons (Fsp3) is 0.214. The number of nitrogens with zero attached hydrogens (tertiary/aromatic N) is 1. The Hall–Kier alpha value is -4.06. The molecule has 2 amide bonds. The van der Waals surface area contributed by atoms with Crippen LogP contribution in [-0.2, 0) is 11.2 Å². The lowest BCUT2D eigenvalue weighted by atomic mass is 9.82. The highest BCUT2D eigenvalue weighted by Crippen LogP contribution is 2.42. The topological polar surface area (TPSA) is 67.9 Å². The van der Waals surface area contributed by atoms with Crippen molar-refractivity contribution >= 4 is 17.5 Å². The smallest absolute Gasteiger partial charge is 0.251 e. The summed E-state index contributed by atoms with van der Waals surface area (Å²) < 4.78 is 11.0. The van der Waals surface area contributed by atoms with Gasteiger partial charge >= 0.3 is 0 Å². The summed E-state index contributed by atoms with van der Waals surface area (Å²) in [5.74, 6) is 0.598.